The first-order valence-corrected chi connectivity index (χ1v) is 3.80. The average molecular weight is 157 g/mol. The Labute approximate surface area is 67.7 Å². The van der Waals surface area contributed by atoms with Gasteiger partial charge in [-0.3, -0.25) is 0 Å². The monoisotopic (exact) mass is 157 g/mol. The topological polar surface area (TPSA) is 25.8 Å². The minimum Gasteiger partial charge on any atom is -0.247 e. The molecule has 0 saturated heterocycles. The van der Waals surface area contributed by atoms with E-state index >= 15 is 0 Å². The van der Waals surface area contributed by atoms with Gasteiger partial charge in [-0.15, -0.1) is 0 Å². The van der Waals surface area contributed by atoms with Crippen molar-refractivity contribution in [2.24, 2.45) is 0 Å². The van der Waals surface area contributed by atoms with Crippen LogP contribution in [0.1, 0.15) is 0 Å². The minimum atomic E-state index is 0.628. The quantitative estimate of drug-likeness (QED) is 0.518. The molecule has 51 valence electrons. The summed E-state index contributed by atoms with van der Waals surface area (Å²) in [5.41, 5.74) is 1.59. The molecule has 3 radical (unpaired) electrons. The van der Waals surface area contributed by atoms with E-state index in [-0.39, 0.29) is 0 Å². The lowest BCUT2D eigenvalue weighted by Crippen LogP contribution is -2.11. The van der Waals surface area contributed by atoms with Crippen LogP contribution in [0.25, 0.3) is 10.9 Å². The van der Waals surface area contributed by atoms with Crippen molar-refractivity contribution in [1.82, 2.24) is 9.97 Å². The van der Waals surface area contributed by atoms with Gasteiger partial charge in [0.1, 0.15) is 10.2 Å². The fourth-order valence-electron chi connectivity index (χ4n) is 0.972. The Hall–Kier alpha value is -1.22. The number of hydrogen-bond acceptors (Lipinski definition) is 2. The third-order valence-electron chi connectivity index (χ3n) is 1.49. The molecule has 0 atom stereocenters. The zero-order valence-corrected chi connectivity index (χ0v) is 6.78. The van der Waals surface area contributed by atoms with Crippen molar-refractivity contribution in [2.45, 2.75) is 0 Å². The number of benzene rings is 1. The molecule has 3 heteroatoms. The number of nitrogens with zero attached hydrogens (tertiary/aromatic N) is 2. The Morgan fingerprint density at radius 1 is 1.18 bits per heavy atom. The van der Waals surface area contributed by atoms with Crippen molar-refractivity contribution >= 4 is 26.6 Å². The van der Waals surface area contributed by atoms with Gasteiger partial charge in [0.15, 0.2) is 0 Å². The van der Waals surface area contributed by atoms with Gasteiger partial charge in [-0.2, -0.15) is 0 Å². The van der Waals surface area contributed by atoms with Crippen LogP contribution in [-0.4, -0.2) is 20.2 Å². The first kappa shape index (κ1) is 6.48. The Bertz CT molecular complexity index is 387. The molecule has 2 nitrogen and oxygen atoms in total. The molecule has 2 rings (SSSR count). The molecule has 1 aromatic carbocycles. The van der Waals surface area contributed by atoms with Crippen LogP contribution in [0, 0.1) is 0 Å². The number of aromatic nitrogens is 2. The van der Waals surface area contributed by atoms with Gasteiger partial charge >= 0.3 is 0 Å². The maximum absolute atomic E-state index is 4.18. The predicted octanol–water partition coefficient (Wildman–Crippen LogP) is 0.424. The summed E-state index contributed by atoms with van der Waals surface area (Å²) in [7, 11) is 3.26. The second-order valence-electron chi connectivity index (χ2n) is 2.25. The maximum Gasteiger partial charge on any atom is 0.128 e. The van der Waals surface area contributed by atoms with Gasteiger partial charge < -0.3 is 0 Å². The molecular formula is C8H5N2Si. The SMILES string of the molecule is [Si]c1ncc2ccccc2n1. The summed E-state index contributed by atoms with van der Waals surface area (Å²) in [6.45, 7) is 0. The third kappa shape index (κ3) is 1.14. The smallest absolute Gasteiger partial charge is 0.128 e. The van der Waals surface area contributed by atoms with Gasteiger partial charge in [-0.25, -0.2) is 9.97 Å². The van der Waals surface area contributed by atoms with Crippen LogP contribution in [0.15, 0.2) is 30.5 Å². The van der Waals surface area contributed by atoms with Crippen LogP contribution >= 0.6 is 0 Å². The maximum atomic E-state index is 4.18. The van der Waals surface area contributed by atoms with Gasteiger partial charge in [-0.05, 0) is 6.07 Å². The number of fused-ring (bicyclic) bond motifs is 1. The van der Waals surface area contributed by atoms with Crippen molar-refractivity contribution < 1.29 is 0 Å². The van der Waals surface area contributed by atoms with E-state index in [0.29, 0.717) is 5.45 Å². The van der Waals surface area contributed by atoms with Crippen LogP contribution in [0.5, 0.6) is 0 Å². The number of hydrogen-bond donors (Lipinski definition) is 0. The molecule has 0 aliphatic heterocycles. The number of para-hydroxylation sites is 1. The second kappa shape index (κ2) is 2.43. The van der Waals surface area contributed by atoms with Crippen molar-refractivity contribution in [3.05, 3.63) is 30.5 Å². The van der Waals surface area contributed by atoms with Crippen molar-refractivity contribution in [1.29, 1.82) is 0 Å². The highest BCUT2D eigenvalue weighted by atomic mass is 28.1. The van der Waals surface area contributed by atoms with E-state index in [1.165, 1.54) is 0 Å². The summed E-state index contributed by atoms with van der Waals surface area (Å²) in [4.78, 5) is 8.19. The molecule has 0 unspecified atom stereocenters. The van der Waals surface area contributed by atoms with Crippen LogP contribution in [0.3, 0.4) is 0 Å². The highest BCUT2D eigenvalue weighted by Gasteiger charge is 1.92. The molecule has 0 aliphatic rings. The Kier molecular flexibility index (Phi) is 1.43. The Morgan fingerprint density at radius 3 is 2.91 bits per heavy atom. The van der Waals surface area contributed by atoms with E-state index in [1.54, 1.807) is 6.20 Å². The third-order valence-corrected chi connectivity index (χ3v) is 1.73. The van der Waals surface area contributed by atoms with E-state index in [4.69, 9.17) is 0 Å². The standard InChI is InChI=1S/C8H5N2Si/c11-8-9-5-6-3-1-2-4-7(6)10-8/h1-5H. The predicted molar refractivity (Wildman–Crippen MR) is 44.9 cm³/mol. The lowest BCUT2D eigenvalue weighted by Gasteiger charge is -1.95. The summed E-state index contributed by atoms with van der Waals surface area (Å²) >= 11 is 0. The van der Waals surface area contributed by atoms with Gasteiger partial charge in [0.05, 0.1) is 11.0 Å². The van der Waals surface area contributed by atoms with Gasteiger partial charge in [-0.1, -0.05) is 18.2 Å². The van der Waals surface area contributed by atoms with Crippen molar-refractivity contribution in [2.75, 3.05) is 0 Å². The largest absolute Gasteiger partial charge is 0.247 e. The lowest BCUT2D eigenvalue weighted by atomic mass is 10.2. The summed E-state index contributed by atoms with van der Waals surface area (Å²) < 4.78 is 0. The van der Waals surface area contributed by atoms with E-state index < -0.39 is 0 Å². The molecule has 0 fully saturated rings. The Morgan fingerprint density at radius 2 is 2.00 bits per heavy atom. The molecule has 1 aromatic heterocycles. The summed E-state index contributed by atoms with van der Waals surface area (Å²) in [5, 5.41) is 1.06. The molecule has 1 heterocycles. The fraction of sp³-hybridized carbons (Fsp3) is 0. The molecule has 11 heavy (non-hydrogen) atoms. The normalized spacial score (nSPS) is 10.3. The van der Waals surface area contributed by atoms with E-state index in [9.17, 15) is 0 Å². The van der Waals surface area contributed by atoms with E-state index in [0.717, 1.165) is 10.9 Å². The van der Waals surface area contributed by atoms with Crippen molar-refractivity contribution in [3.63, 3.8) is 0 Å². The van der Waals surface area contributed by atoms with Gasteiger partial charge in [0.25, 0.3) is 0 Å². The fourth-order valence-corrected chi connectivity index (χ4v) is 1.16. The molecule has 2 aromatic rings. The zero-order chi connectivity index (χ0) is 7.68. The summed E-state index contributed by atoms with van der Waals surface area (Å²) in [5.74, 6) is 0. The van der Waals surface area contributed by atoms with Gasteiger partial charge in [0.2, 0.25) is 0 Å². The molecular weight excluding hydrogens is 152 g/mol. The first-order chi connectivity index (χ1) is 5.36. The average Bonchev–Trinajstić information content (AvgIpc) is 2.04. The van der Waals surface area contributed by atoms with Crippen LogP contribution in [-0.2, 0) is 0 Å². The van der Waals surface area contributed by atoms with Gasteiger partial charge in [0, 0.05) is 11.6 Å². The Balaban J connectivity index is 2.83. The van der Waals surface area contributed by atoms with Crippen LogP contribution in [0.2, 0.25) is 0 Å². The second-order valence-corrected chi connectivity index (χ2v) is 2.70. The zero-order valence-electron chi connectivity index (χ0n) is 5.78. The minimum absolute atomic E-state index is 0.628. The highest BCUT2D eigenvalue weighted by molar-refractivity contribution is 6.29. The van der Waals surface area contributed by atoms with E-state index in [1.807, 2.05) is 24.3 Å². The lowest BCUT2D eigenvalue weighted by molar-refractivity contribution is 1.30. The van der Waals surface area contributed by atoms with Crippen molar-refractivity contribution in [3.8, 4) is 0 Å². The summed E-state index contributed by atoms with van der Waals surface area (Å²) in [6, 6.07) is 7.88. The number of rotatable bonds is 0. The molecule has 0 saturated carbocycles. The molecule has 0 aliphatic carbocycles. The first-order valence-electron chi connectivity index (χ1n) is 3.30. The summed E-state index contributed by atoms with van der Waals surface area (Å²) in [6.07, 6.45) is 1.80. The van der Waals surface area contributed by atoms with Crippen LogP contribution < -0.4 is 5.45 Å². The van der Waals surface area contributed by atoms with E-state index in [2.05, 4.69) is 20.2 Å². The molecule has 0 amide bonds. The molecule has 0 bridgehead atoms. The highest BCUT2D eigenvalue weighted by Crippen LogP contribution is 2.05. The molecule has 0 N–H and O–H groups in total. The van der Waals surface area contributed by atoms with Crippen LogP contribution in [0.4, 0.5) is 0 Å². The molecule has 0 spiro atoms.